The number of thiazole rings is 1. The number of sulfonamides is 1. The molecule has 0 spiro atoms. The normalized spacial score (nSPS) is 12.3. The first kappa shape index (κ1) is 22.8. The van der Waals surface area contributed by atoms with Crippen molar-refractivity contribution in [2.24, 2.45) is 0 Å². The van der Waals surface area contributed by atoms with Crippen molar-refractivity contribution in [3.05, 3.63) is 86.8 Å². The Morgan fingerprint density at radius 2 is 1.59 bits per heavy atom. The number of halogens is 5. The molecule has 0 aliphatic rings. The van der Waals surface area contributed by atoms with Gasteiger partial charge < -0.3 is 0 Å². The highest BCUT2D eigenvalue weighted by atomic mass is 35.5. The number of alkyl halides is 3. The first-order valence-corrected chi connectivity index (χ1v) is 12.1. The molecule has 0 saturated carbocycles. The van der Waals surface area contributed by atoms with Crippen molar-refractivity contribution in [3.63, 3.8) is 0 Å². The van der Waals surface area contributed by atoms with Gasteiger partial charge in [0.25, 0.3) is 10.0 Å². The first-order chi connectivity index (χ1) is 15.0. The number of hydrogen-bond donors (Lipinski definition) is 1. The summed E-state index contributed by atoms with van der Waals surface area (Å²) in [5, 5.41) is 1.10. The highest BCUT2D eigenvalue weighted by Crippen LogP contribution is 2.36. The number of hydrogen-bond acceptors (Lipinski definition) is 4. The van der Waals surface area contributed by atoms with Gasteiger partial charge in [-0.3, -0.25) is 4.72 Å². The number of rotatable bonds is 5. The van der Waals surface area contributed by atoms with Gasteiger partial charge in [0.15, 0.2) is 0 Å². The molecule has 3 aromatic carbocycles. The van der Waals surface area contributed by atoms with E-state index < -0.39 is 26.7 Å². The van der Waals surface area contributed by atoms with E-state index in [1.165, 1.54) is 29.5 Å². The van der Waals surface area contributed by atoms with E-state index in [1.807, 2.05) is 24.3 Å². The van der Waals surface area contributed by atoms with Crippen molar-refractivity contribution in [1.82, 2.24) is 4.98 Å². The van der Waals surface area contributed by atoms with Gasteiger partial charge in [-0.05, 0) is 42.0 Å². The van der Waals surface area contributed by atoms with Crippen LogP contribution in [0.4, 0.5) is 18.9 Å². The summed E-state index contributed by atoms with van der Waals surface area (Å²) in [7, 11) is -4.55. The SMILES string of the molecule is O=S(=O)(Nc1cc(Cl)c(Cc2nc3ccccc3s2)c(Cl)c1)c1ccccc1C(F)(F)F. The van der Waals surface area contributed by atoms with Crippen molar-refractivity contribution in [1.29, 1.82) is 0 Å². The van der Waals surface area contributed by atoms with Gasteiger partial charge >= 0.3 is 6.18 Å². The Morgan fingerprint density at radius 1 is 0.969 bits per heavy atom. The summed E-state index contributed by atoms with van der Waals surface area (Å²) in [6.45, 7) is 0. The predicted molar refractivity (Wildman–Crippen MR) is 121 cm³/mol. The van der Waals surface area contributed by atoms with E-state index in [-0.39, 0.29) is 15.7 Å². The lowest BCUT2D eigenvalue weighted by Crippen LogP contribution is -2.19. The number of benzene rings is 3. The van der Waals surface area contributed by atoms with E-state index in [0.29, 0.717) is 18.1 Å². The van der Waals surface area contributed by atoms with E-state index in [4.69, 9.17) is 23.2 Å². The Labute approximate surface area is 195 Å². The molecule has 0 amide bonds. The van der Waals surface area contributed by atoms with E-state index in [0.717, 1.165) is 27.4 Å². The van der Waals surface area contributed by atoms with Gasteiger partial charge in [0.2, 0.25) is 0 Å². The minimum Gasteiger partial charge on any atom is -0.280 e. The van der Waals surface area contributed by atoms with Gasteiger partial charge in [0, 0.05) is 16.5 Å². The second-order valence-corrected chi connectivity index (χ2v) is 10.4. The molecule has 4 aromatic rings. The first-order valence-electron chi connectivity index (χ1n) is 9.06. The molecule has 166 valence electrons. The third-order valence-electron chi connectivity index (χ3n) is 4.54. The van der Waals surface area contributed by atoms with E-state index >= 15 is 0 Å². The van der Waals surface area contributed by atoms with Gasteiger partial charge in [-0.15, -0.1) is 11.3 Å². The van der Waals surface area contributed by atoms with Crippen molar-refractivity contribution in [2.75, 3.05) is 4.72 Å². The molecule has 32 heavy (non-hydrogen) atoms. The third kappa shape index (κ3) is 4.71. The van der Waals surface area contributed by atoms with Gasteiger partial charge in [-0.25, -0.2) is 13.4 Å². The van der Waals surface area contributed by atoms with Crippen LogP contribution in [0, 0.1) is 0 Å². The monoisotopic (exact) mass is 516 g/mol. The highest BCUT2D eigenvalue weighted by molar-refractivity contribution is 7.92. The Morgan fingerprint density at radius 3 is 2.25 bits per heavy atom. The van der Waals surface area contributed by atoms with Crippen LogP contribution in [0.3, 0.4) is 0 Å². The van der Waals surface area contributed by atoms with E-state index in [2.05, 4.69) is 9.71 Å². The molecule has 0 bridgehead atoms. The van der Waals surface area contributed by atoms with E-state index in [1.54, 1.807) is 0 Å². The van der Waals surface area contributed by atoms with Crippen molar-refractivity contribution in [2.45, 2.75) is 17.5 Å². The van der Waals surface area contributed by atoms with Crippen LogP contribution in [0.25, 0.3) is 10.2 Å². The summed E-state index contributed by atoms with van der Waals surface area (Å²) in [6.07, 6.45) is -4.51. The standard InChI is InChI=1S/C21H13Cl2F3N2O2S2/c22-15-9-12(28-32(29,30)19-8-4-1-5-14(19)21(24,25)26)10-16(23)13(15)11-20-27-17-6-2-3-7-18(17)31-20/h1-10,28H,11H2. The number of para-hydroxylation sites is 1. The number of nitrogens with one attached hydrogen (secondary N) is 1. The second-order valence-electron chi connectivity index (χ2n) is 6.77. The second kappa shape index (κ2) is 8.55. The maximum absolute atomic E-state index is 13.2. The molecule has 0 aliphatic heterocycles. The zero-order chi connectivity index (χ0) is 23.1. The summed E-state index contributed by atoms with van der Waals surface area (Å²) in [5.74, 6) is 0. The molecule has 0 saturated heterocycles. The van der Waals surface area contributed by atoms with Crippen LogP contribution < -0.4 is 4.72 Å². The zero-order valence-corrected chi connectivity index (χ0v) is 19.1. The van der Waals surface area contributed by atoms with Crippen molar-refractivity contribution < 1.29 is 21.6 Å². The minimum atomic E-state index is -4.83. The number of nitrogens with zero attached hydrogens (tertiary/aromatic N) is 1. The number of anilines is 1. The Balaban J connectivity index is 1.64. The van der Waals surface area contributed by atoms with Gasteiger partial charge in [-0.2, -0.15) is 13.2 Å². The quantitative estimate of drug-likeness (QED) is 0.310. The fourth-order valence-corrected chi connectivity index (χ4v) is 5.99. The molecule has 1 heterocycles. The van der Waals surface area contributed by atoms with Crippen molar-refractivity contribution in [3.8, 4) is 0 Å². The molecule has 0 atom stereocenters. The van der Waals surface area contributed by atoms with Crippen LogP contribution >= 0.6 is 34.5 Å². The third-order valence-corrected chi connectivity index (χ3v) is 7.69. The smallest absolute Gasteiger partial charge is 0.280 e. The lowest BCUT2D eigenvalue weighted by atomic mass is 10.1. The van der Waals surface area contributed by atoms with Crippen LogP contribution in [-0.2, 0) is 22.6 Å². The lowest BCUT2D eigenvalue weighted by Gasteiger charge is -2.15. The number of fused-ring (bicyclic) bond motifs is 1. The largest absolute Gasteiger partial charge is 0.417 e. The highest BCUT2D eigenvalue weighted by Gasteiger charge is 2.37. The summed E-state index contributed by atoms with van der Waals surface area (Å²) in [4.78, 5) is 3.64. The van der Waals surface area contributed by atoms with Crippen molar-refractivity contribution >= 4 is 60.5 Å². The lowest BCUT2D eigenvalue weighted by molar-refractivity contribution is -0.139. The average Bonchev–Trinajstić information content (AvgIpc) is 3.12. The molecular weight excluding hydrogens is 504 g/mol. The van der Waals surface area contributed by atoms with Gasteiger partial charge in [0.05, 0.1) is 31.4 Å². The van der Waals surface area contributed by atoms with Crippen LogP contribution in [0.2, 0.25) is 10.0 Å². The zero-order valence-electron chi connectivity index (χ0n) is 16.0. The van der Waals surface area contributed by atoms with Gasteiger partial charge in [0.1, 0.15) is 0 Å². The fourth-order valence-electron chi connectivity index (χ4n) is 3.12. The summed E-state index contributed by atoms with van der Waals surface area (Å²) < 4.78 is 68.2. The minimum absolute atomic E-state index is 0.0509. The fraction of sp³-hybridized carbons (Fsp3) is 0.0952. The molecule has 0 fully saturated rings. The van der Waals surface area contributed by atoms with Crippen LogP contribution in [-0.4, -0.2) is 13.4 Å². The van der Waals surface area contributed by atoms with Crippen LogP contribution in [0.5, 0.6) is 0 Å². The topological polar surface area (TPSA) is 59.1 Å². The molecule has 4 nitrogen and oxygen atoms in total. The maximum Gasteiger partial charge on any atom is 0.417 e. The average molecular weight is 517 g/mol. The van der Waals surface area contributed by atoms with Crippen LogP contribution in [0.1, 0.15) is 16.1 Å². The summed E-state index contributed by atoms with van der Waals surface area (Å²) in [5.41, 5.74) is 0.0562. The predicted octanol–water partition coefficient (Wildman–Crippen LogP) is 7.01. The molecule has 4 rings (SSSR count). The molecule has 11 heteroatoms. The molecule has 1 N–H and O–H groups in total. The molecule has 0 aliphatic carbocycles. The Hall–Kier alpha value is -2.33. The summed E-state index contributed by atoms with van der Waals surface area (Å²) in [6, 6.07) is 14.1. The maximum atomic E-state index is 13.2. The van der Waals surface area contributed by atoms with E-state index in [9.17, 15) is 21.6 Å². The summed E-state index contributed by atoms with van der Waals surface area (Å²) >= 11 is 14.2. The molecule has 0 radical (unpaired) electrons. The van der Waals surface area contributed by atoms with Gasteiger partial charge in [-0.1, -0.05) is 47.5 Å². The molecule has 1 aromatic heterocycles. The number of aromatic nitrogens is 1. The Bertz CT molecular complexity index is 1360. The Kier molecular flexibility index (Phi) is 6.10. The molecular formula is C21H13Cl2F3N2O2S2. The molecule has 0 unspecified atom stereocenters. The van der Waals surface area contributed by atoms with Crippen LogP contribution in [0.15, 0.2) is 65.6 Å².